The normalized spacial score (nSPS) is 18.0. The molecule has 1 aromatic heterocycles. The zero-order chi connectivity index (χ0) is 22.8. The molecule has 1 aliphatic heterocycles. The number of nitrogens with zero attached hydrogens (tertiary/aromatic N) is 3. The molecule has 0 aliphatic carbocycles. The van der Waals surface area contributed by atoms with E-state index < -0.39 is 17.4 Å². The van der Waals surface area contributed by atoms with E-state index in [9.17, 15) is 14.4 Å². The molecule has 0 bridgehead atoms. The number of rotatable bonds is 7. The van der Waals surface area contributed by atoms with E-state index >= 15 is 0 Å². The fourth-order valence-electron chi connectivity index (χ4n) is 3.83. The smallest absolute Gasteiger partial charge is 0.358 e. The van der Waals surface area contributed by atoms with Gasteiger partial charge in [-0.05, 0) is 51.0 Å². The lowest BCUT2D eigenvalue weighted by Gasteiger charge is -2.43. The Kier molecular flexibility index (Phi) is 6.45. The SMILES string of the molecule is CCOC(=O)c1cc2n(n1)C[C@](C)(C(=O)NCCOC)N(c1cc(C)cc(C)c1)C2=O. The number of hydrogen-bond acceptors (Lipinski definition) is 6. The second-order valence-electron chi connectivity index (χ2n) is 7.80. The van der Waals surface area contributed by atoms with E-state index in [-0.39, 0.29) is 30.4 Å². The minimum absolute atomic E-state index is 0.0367. The molecule has 9 nitrogen and oxygen atoms in total. The number of carbonyl (C=O) groups is 3. The fourth-order valence-corrected chi connectivity index (χ4v) is 3.83. The lowest BCUT2D eigenvalue weighted by atomic mass is 9.93. The minimum atomic E-state index is -1.27. The van der Waals surface area contributed by atoms with Gasteiger partial charge >= 0.3 is 5.97 Å². The summed E-state index contributed by atoms with van der Waals surface area (Å²) in [6, 6.07) is 7.14. The molecule has 31 heavy (non-hydrogen) atoms. The number of nitrogens with one attached hydrogen (secondary N) is 1. The fraction of sp³-hybridized carbons (Fsp3) is 0.455. The third kappa shape index (κ3) is 4.32. The molecular formula is C22H28N4O5. The largest absolute Gasteiger partial charge is 0.461 e. The van der Waals surface area contributed by atoms with Crippen molar-refractivity contribution >= 4 is 23.5 Å². The predicted octanol–water partition coefficient (Wildman–Crippen LogP) is 1.86. The van der Waals surface area contributed by atoms with Gasteiger partial charge in [0, 0.05) is 25.4 Å². The van der Waals surface area contributed by atoms with E-state index in [0.717, 1.165) is 11.1 Å². The average molecular weight is 428 g/mol. The van der Waals surface area contributed by atoms with Gasteiger partial charge in [0.05, 0.1) is 19.8 Å². The van der Waals surface area contributed by atoms with E-state index in [1.165, 1.54) is 15.6 Å². The van der Waals surface area contributed by atoms with E-state index in [1.807, 2.05) is 32.0 Å². The van der Waals surface area contributed by atoms with Gasteiger partial charge in [-0.1, -0.05) is 6.07 Å². The summed E-state index contributed by atoms with van der Waals surface area (Å²) in [5.41, 5.74) is 1.54. The van der Waals surface area contributed by atoms with Crippen LogP contribution in [0.15, 0.2) is 24.3 Å². The van der Waals surface area contributed by atoms with Gasteiger partial charge in [0.2, 0.25) is 5.91 Å². The number of esters is 1. The van der Waals surface area contributed by atoms with Gasteiger partial charge in [0.15, 0.2) is 5.69 Å². The van der Waals surface area contributed by atoms with Crippen LogP contribution in [0, 0.1) is 13.8 Å². The zero-order valence-electron chi connectivity index (χ0n) is 18.5. The first-order valence-electron chi connectivity index (χ1n) is 10.2. The second-order valence-corrected chi connectivity index (χ2v) is 7.80. The molecule has 0 fully saturated rings. The minimum Gasteiger partial charge on any atom is -0.461 e. The molecular weight excluding hydrogens is 400 g/mol. The van der Waals surface area contributed by atoms with Crippen molar-refractivity contribution in [3.63, 3.8) is 0 Å². The summed E-state index contributed by atoms with van der Waals surface area (Å²) in [6.45, 7) is 8.19. The third-order valence-corrected chi connectivity index (χ3v) is 5.18. The summed E-state index contributed by atoms with van der Waals surface area (Å²) in [5.74, 6) is -1.36. The van der Waals surface area contributed by atoms with Crippen LogP contribution in [0.3, 0.4) is 0 Å². The van der Waals surface area contributed by atoms with Gasteiger partial charge < -0.3 is 14.8 Å². The summed E-state index contributed by atoms with van der Waals surface area (Å²) < 4.78 is 11.4. The Morgan fingerprint density at radius 3 is 2.48 bits per heavy atom. The van der Waals surface area contributed by atoms with Crippen LogP contribution in [-0.4, -0.2) is 60.0 Å². The zero-order valence-corrected chi connectivity index (χ0v) is 18.5. The highest BCUT2D eigenvalue weighted by Crippen LogP contribution is 2.34. The Balaban J connectivity index is 2.09. The molecule has 166 valence electrons. The van der Waals surface area contributed by atoms with Crippen LogP contribution in [0.1, 0.15) is 46.0 Å². The monoisotopic (exact) mass is 428 g/mol. The number of ether oxygens (including phenoxy) is 2. The number of fused-ring (bicyclic) bond motifs is 1. The van der Waals surface area contributed by atoms with Crippen molar-refractivity contribution in [2.24, 2.45) is 0 Å². The molecule has 0 saturated heterocycles. The molecule has 0 unspecified atom stereocenters. The molecule has 0 saturated carbocycles. The Bertz CT molecular complexity index is 995. The van der Waals surface area contributed by atoms with E-state index in [4.69, 9.17) is 9.47 Å². The highest BCUT2D eigenvalue weighted by Gasteiger charge is 2.49. The summed E-state index contributed by atoms with van der Waals surface area (Å²) in [7, 11) is 1.55. The van der Waals surface area contributed by atoms with E-state index in [0.29, 0.717) is 18.8 Å². The number of aromatic nitrogens is 2. The van der Waals surface area contributed by atoms with Gasteiger partial charge in [-0.25, -0.2) is 4.79 Å². The number of amides is 2. The first kappa shape index (κ1) is 22.5. The summed E-state index contributed by atoms with van der Waals surface area (Å²) in [6.07, 6.45) is 0. The van der Waals surface area contributed by atoms with Gasteiger partial charge in [-0.2, -0.15) is 5.10 Å². The Morgan fingerprint density at radius 1 is 1.19 bits per heavy atom. The number of benzene rings is 1. The number of anilines is 1. The topological polar surface area (TPSA) is 103 Å². The lowest BCUT2D eigenvalue weighted by molar-refractivity contribution is -0.126. The summed E-state index contributed by atoms with van der Waals surface area (Å²) in [4.78, 5) is 40.5. The van der Waals surface area contributed by atoms with Crippen molar-refractivity contribution in [3.05, 3.63) is 46.8 Å². The third-order valence-electron chi connectivity index (χ3n) is 5.18. The van der Waals surface area contributed by atoms with Crippen molar-refractivity contribution in [2.45, 2.75) is 39.8 Å². The highest BCUT2D eigenvalue weighted by atomic mass is 16.5. The molecule has 9 heteroatoms. The van der Waals surface area contributed by atoms with Crippen LogP contribution in [0.25, 0.3) is 0 Å². The molecule has 3 rings (SSSR count). The quantitative estimate of drug-likeness (QED) is 0.533. The summed E-state index contributed by atoms with van der Waals surface area (Å²) >= 11 is 0. The number of hydrogen-bond donors (Lipinski definition) is 1. The van der Waals surface area contributed by atoms with E-state index in [2.05, 4.69) is 10.4 Å². The van der Waals surface area contributed by atoms with Gasteiger partial charge in [-0.3, -0.25) is 19.2 Å². The number of methoxy groups -OCH3 is 1. The standard InChI is InChI=1S/C22H28N4O5/c1-6-31-20(28)17-12-18-19(27)26(16-10-14(2)9-15(3)11-16)22(4,13-25(18)24-17)21(29)23-7-8-30-5/h9-12H,6-8,13H2,1-5H3,(H,23,29)/t22-/m1/s1. The lowest BCUT2D eigenvalue weighted by Crippen LogP contribution is -2.64. The molecule has 2 aromatic rings. The molecule has 2 amide bonds. The number of carbonyl (C=O) groups excluding carboxylic acids is 3. The Hall–Kier alpha value is -3.20. The van der Waals surface area contributed by atoms with Crippen LogP contribution in [0.4, 0.5) is 5.69 Å². The molecule has 0 radical (unpaired) electrons. The summed E-state index contributed by atoms with van der Waals surface area (Å²) in [5, 5.41) is 7.08. The molecule has 1 atom stereocenters. The van der Waals surface area contributed by atoms with Gasteiger partial charge in [0.25, 0.3) is 5.91 Å². The Morgan fingerprint density at radius 2 is 1.87 bits per heavy atom. The molecule has 2 heterocycles. The average Bonchev–Trinajstić information content (AvgIpc) is 3.11. The Labute approximate surface area is 181 Å². The van der Waals surface area contributed by atoms with Crippen LogP contribution in [-0.2, 0) is 20.8 Å². The van der Waals surface area contributed by atoms with Crippen molar-refractivity contribution in [1.29, 1.82) is 0 Å². The van der Waals surface area contributed by atoms with Crippen molar-refractivity contribution in [2.75, 3.05) is 31.8 Å². The van der Waals surface area contributed by atoms with Crippen LogP contribution in [0.5, 0.6) is 0 Å². The molecule has 1 aromatic carbocycles. The maximum Gasteiger partial charge on any atom is 0.358 e. The molecule has 1 aliphatic rings. The van der Waals surface area contributed by atoms with Crippen molar-refractivity contribution in [1.82, 2.24) is 15.1 Å². The van der Waals surface area contributed by atoms with Crippen LogP contribution >= 0.6 is 0 Å². The number of aryl methyl sites for hydroxylation is 2. The van der Waals surface area contributed by atoms with Gasteiger partial charge in [0.1, 0.15) is 11.2 Å². The first-order chi connectivity index (χ1) is 14.7. The first-order valence-corrected chi connectivity index (χ1v) is 10.2. The highest BCUT2D eigenvalue weighted by molar-refractivity contribution is 6.12. The maximum absolute atomic E-state index is 13.6. The van der Waals surface area contributed by atoms with Crippen LogP contribution in [0.2, 0.25) is 0 Å². The van der Waals surface area contributed by atoms with Crippen molar-refractivity contribution < 1.29 is 23.9 Å². The second kappa shape index (κ2) is 8.89. The van der Waals surface area contributed by atoms with E-state index in [1.54, 1.807) is 21.0 Å². The van der Waals surface area contributed by atoms with Crippen LogP contribution < -0.4 is 10.2 Å². The predicted molar refractivity (Wildman–Crippen MR) is 114 cm³/mol. The van der Waals surface area contributed by atoms with Crippen molar-refractivity contribution in [3.8, 4) is 0 Å². The molecule has 0 spiro atoms. The maximum atomic E-state index is 13.6. The van der Waals surface area contributed by atoms with Gasteiger partial charge in [-0.15, -0.1) is 0 Å². The molecule has 1 N–H and O–H groups in total.